The maximum absolute atomic E-state index is 4.53. The summed E-state index contributed by atoms with van der Waals surface area (Å²) < 4.78 is 3.22. The van der Waals surface area contributed by atoms with Crippen LogP contribution in [0.1, 0.15) is 45.9 Å². The molecule has 1 aromatic rings. The molecular weight excluding hydrogens is 316 g/mol. The Labute approximate surface area is 132 Å². The number of likely N-dealkylation sites (N-methyl/N-ethyl adjacent to an activating group) is 1. The predicted molar refractivity (Wildman–Crippen MR) is 89.0 cm³/mol. The largest absolute Gasteiger partial charge is 0.308 e. The van der Waals surface area contributed by atoms with Gasteiger partial charge in [0.15, 0.2) is 0 Å². The normalized spacial score (nSPS) is 14.0. The number of hydrogen-bond donors (Lipinski definition) is 1. The molecule has 1 heterocycles. The number of nitrogens with zero attached hydrogens (tertiary/aromatic N) is 3. The van der Waals surface area contributed by atoms with Crippen molar-refractivity contribution in [3.63, 3.8) is 0 Å². The molecule has 0 aliphatic carbocycles. The zero-order valence-corrected chi connectivity index (χ0v) is 15.3. The Morgan fingerprint density at radius 3 is 2.55 bits per heavy atom. The molecule has 0 aromatic carbocycles. The SMILES string of the molecule is CCCNC(c1c(Br)cnn1CCN(C)C)C(C)(C)C. The van der Waals surface area contributed by atoms with E-state index in [1.807, 2.05) is 6.20 Å². The summed E-state index contributed by atoms with van der Waals surface area (Å²) in [6.07, 6.45) is 3.05. The second-order valence-electron chi connectivity index (χ2n) is 6.66. The Hall–Kier alpha value is -0.390. The van der Waals surface area contributed by atoms with Gasteiger partial charge in [0, 0.05) is 6.54 Å². The number of hydrogen-bond acceptors (Lipinski definition) is 3. The van der Waals surface area contributed by atoms with Crippen LogP contribution in [0.15, 0.2) is 10.7 Å². The van der Waals surface area contributed by atoms with Gasteiger partial charge in [-0.2, -0.15) is 5.10 Å². The summed E-state index contributed by atoms with van der Waals surface area (Å²) in [5.74, 6) is 0. The molecule has 0 radical (unpaired) electrons. The third kappa shape index (κ3) is 4.86. The molecule has 1 aromatic heterocycles. The summed E-state index contributed by atoms with van der Waals surface area (Å²) in [4.78, 5) is 2.19. The molecule has 5 heteroatoms. The van der Waals surface area contributed by atoms with Crippen molar-refractivity contribution in [2.75, 3.05) is 27.2 Å². The smallest absolute Gasteiger partial charge is 0.0701 e. The van der Waals surface area contributed by atoms with Crippen LogP contribution in [0.25, 0.3) is 0 Å². The van der Waals surface area contributed by atoms with E-state index in [9.17, 15) is 0 Å². The minimum Gasteiger partial charge on any atom is -0.308 e. The fraction of sp³-hybridized carbons (Fsp3) is 0.800. The van der Waals surface area contributed by atoms with Crippen molar-refractivity contribution >= 4 is 15.9 Å². The van der Waals surface area contributed by atoms with E-state index in [0.717, 1.165) is 30.5 Å². The van der Waals surface area contributed by atoms with Gasteiger partial charge in [0.05, 0.1) is 29.0 Å². The van der Waals surface area contributed by atoms with Crippen LogP contribution in [-0.2, 0) is 6.54 Å². The van der Waals surface area contributed by atoms with E-state index in [-0.39, 0.29) is 5.41 Å². The summed E-state index contributed by atoms with van der Waals surface area (Å²) >= 11 is 3.67. The van der Waals surface area contributed by atoms with Gasteiger partial charge in [-0.05, 0) is 48.4 Å². The molecule has 20 heavy (non-hydrogen) atoms. The molecule has 1 unspecified atom stereocenters. The van der Waals surface area contributed by atoms with Gasteiger partial charge in [0.2, 0.25) is 0 Å². The summed E-state index contributed by atoms with van der Waals surface area (Å²) in [5, 5.41) is 8.21. The van der Waals surface area contributed by atoms with Crippen molar-refractivity contribution in [2.24, 2.45) is 5.41 Å². The molecule has 0 aliphatic rings. The molecule has 116 valence electrons. The highest BCUT2D eigenvalue weighted by Gasteiger charge is 2.30. The number of nitrogens with one attached hydrogen (secondary N) is 1. The lowest BCUT2D eigenvalue weighted by Crippen LogP contribution is -2.35. The highest BCUT2D eigenvalue weighted by atomic mass is 79.9. The Morgan fingerprint density at radius 2 is 2.05 bits per heavy atom. The molecular formula is C15H29BrN4. The molecule has 1 atom stereocenters. The van der Waals surface area contributed by atoms with Crippen molar-refractivity contribution in [2.45, 2.75) is 46.7 Å². The Balaban J connectivity index is 3.02. The second-order valence-corrected chi connectivity index (χ2v) is 7.51. The average molecular weight is 345 g/mol. The molecule has 4 nitrogen and oxygen atoms in total. The fourth-order valence-electron chi connectivity index (χ4n) is 2.23. The summed E-state index contributed by atoms with van der Waals surface area (Å²) in [5.41, 5.74) is 1.40. The lowest BCUT2D eigenvalue weighted by atomic mass is 9.84. The van der Waals surface area contributed by atoms with Gasteiger partial charge in [-0.3, -0.25) is 4.68 Å². The summed E-state index contributed by atoms with van der Waals surface area (Å²) in [6, 6.07) is 0.293. The van der Waals surface area contributed by atoms with Gasteiger partial charge < -0.3 is 10.2 Å². The van der Waals surface area contributed by atoms with Gasteiger partial charge >= 0.3 is 0 Å². The molecule has 0 bridgehead atoms. The first kappa shape index (κ1) is 17.7. The van der Waals surface area contributed by atoms with Crippen LogP contribution in [0.5, 0.6) is 0 Å². The summed E-state index contributed by atoms with van der Waals surface area (Å²) in [6.45, 7) is 11.9. The highest BCUT2D eigenvalue weighted by molar-refractivity contribution is 9.10. The van der Waals surface area contributed by atoms with E-state index in [2.05, 4.69) is 77.7 Å². The van der Waals surface area contributed by atoms with E-state index in [1.54, 1.807) is 0 Å². The Morgan fingerprint density at radius 1 is 1.40 bits per heavy atom. The first-order valence-corrected chi connectivity index (χ1v) is 8.16. The van der Waals surface area contributed by atoms with E-state index in [4.69, 9.17) is 0 Å². The van der Waals surface area contributed by atoms with Crippen LogP contribution < -0.4 is 5.32 Å². The van der Waals surface area contributed by atoms with Crippen LogP contribution in [0.2, 0.25) is 0 Å². The average Bonchev–Trinajstić information content (AvgIpc) is 2.67. The van der Waals surface area contributed by atoms with E-state index >= 15 is 0 Å². The van der Waals surface area contributed by atoms with Crippen LogP contribution in [0.4, 0.5) is 0 Å². The fourth-order valence-corrected chi connectivity index (χ4v) is 2.76. The van der Waals surface area contributed by atoms with Crippen molar-refractivity contribution < 1.29 is 0 Å². The molecule has 0 aliphatic heterocycles. The number of halogens is 1. The van der Waals surface area contributed by atoms with Crippen LogP contribution in [0.3, 0.4) is 0 Å². The van der Waals surface area contributed by atoms with E-state index in [1.165, 1.54) is 5.69 Å². The zero-order chi connectivity index (χ0) is 15.3. The van der Waals surface area contributed by atoms with Gasteiger partial charge in [-0.25, -0.2) is 0 Å². The number of rotatable bonds is 7. The topological polar surface area (TPSA) is 33.1 Å². The molecule has 0 saturated carbocycles. The van der Waals surface area contributed by atoms with Crippen molar-refractivity contribution in [1.29, 1.82) is 0 Å². The molecule has 1 rings (SSSR count). The van der Waals surface area contributed by atoms with Gasteiger partial charge in [0.25, 0.3) is 0 Å². The minimum atomic E-state index is 0.146. The first-order valence-electron chi connectivity index (χ1n) is 7.36. The van der Waals surface area contributed by atoms with Crippen LogP contribution in [-0.4, -0.2) is 41.9 Å². The summed E-state index contributed by atoms with van der Waals surface area (Å²) in [7, 11) is 4.18. The predicted octanol–water partition coefficient (Wildman–Crippen LogP) is 3.29. The third-order valence-corrected chi connectivity index (χ3v) is 3.94. The monoisotopic (exact) mass is 344 g/mol. The maximum atomic E-state index is 4.53. The minimum absolute atomic E-state index is 0.146. The second kappa shape index (κ2) is 7.57. The van der Waals surface area contributed by atoms with Crippen LogP contribution in [0, 0.1) is 5.41 Å². The van der Waals surface area contributed by atoms with E-state index < -0.39 is 0 Å². The first-order chi connectivity index (χ1) is 9.27. The molecule has 0 fully saturated rings. The van der Waals surface area contributed by atoms with Gasteiger partial charge in [-0.1, -0.05) is 27.7 Å². The molecule has 0 amide bonds. The van der Waals surface area contributed by atoms with Crippen molar-refractivity contribution in [3.8, 4) is 0 Å². The van der Waals surface area contributed by atoms with Crippen molar-refractivity contribution in [1.82, 2.24) is 20.0 Å². The number of aromatic nitrogens is 2. The third-order valence-electron chi connectivity index (χ3n) is 3.33. The maximum Gasteiger partial charge on any atom is 0.0701 e. The lowest BCUT2D eigenvalue weighted by molar-refractivity contribution is 0.254. The van der Waals surface area contributed by atoms with Gasteiger partial charge in [0.1, 0.15) is 0 Å². The molecule has 0 spiro atoms. The highest BCUT2D eigenvalue weighted by Crippen LogP contribution is 2.36. The van der Waals surface area contributed by atoms with E-state index in [0.29, 0.717) is 6.04 Å². The van der Waals surface area contributed by atoms with Crippen molar-refractivity contribution in [3.05, 3.63) is 16.4 Å². The quantitative estimate of drug-likeness (QED) is 0.823. The Kier molecular flexibility index (Phi) is 6.69. The lowest BCUT2D eigenvalue weighted by Gasteiger charge is -2.32. The van der Waals surface area contributed by atoms with Crippen LogP contribution >= 0.6 is 15.9 Å². The van der Waals surface area contributed by atoms with Gasteiger partial charge in [-0.15, -0.1) is 0 Å². The standard InChI is InChI=1S/C15H29BrN4/c1-7-8-17-14(15(2,3)4)13-12(16)11-18-20(13)10-9-19(5)6/h11,14,17H,7-10H2,1-6H3. The molecule has 0 saturated heterocycles. The molecule has 1 N–H and O–H groups in total. The Bertz CT molecular complexity index is 406. The zero-order valence-electron chi connectivity index (χ0n) is 13.7.